The maximum atomic E-state index is 4.89. The first-order chi connectivity index (χ1) is 14.7. The van der Waals surface area contributed by atoms with Crippen molar-refractivity contribution in [2.45, 2.75) is 25.7 Å². The lowest BCUT2D eigenvalue weighted by Crippen LogP contribution is -2.12. The minimum atomic E-state index is 0.212. The molecule has 4 aromatic carbocycles. The van der Waals surface area contributed by atoms with E-state index in [1.165, 1.54) is 49.4 Å². The van der Waals surface area contributed by atoms with Crippen LogP contribution < -0.4 is 0 Å². The summed E-state index contributed by atoms with van der Waals surface area (Å²) in [6.07, 6.45) is 1.97. The largest absolute Gasteiger partial charge is 0.256 e. The van der Waals surface area contributed by atoms with Crippen LogP contribution in [0.25, 0.3) is 32.8 Å². The van der Waals surface area contributed by atoms with Crippen LogP contribution in [0.5, 0.6) is 0 Å². The Labute approximate surface area is 177 Å². The van der Waals surface area contributed by atoms with Crippen molar-refractivity contribution in [1.82, 2.24) is 4.98 Å². The molecule has 0 saturated heterocycles. The minimum absolute atomic E-state index is 0.212. The standard InChI is InChI=1S/C29H23N/c1-18(2)23-14-22-12-13-30-29-25-16-21-11-7-6-10-20(21)15-24(25)27(26(17-23)28(22)29)19-8-4-3-5-9-19/h3-18,27H,1-2H3. The highest BCUT2D eigenvalue weighted by molar-refractivity contribution is 6.04. The predicted octanol–water partition coefficient (Wildman–Crippen LogP) is 7.67. The molecular formula is C29H23N. The summed E-state index contributed by atoms with van der Waals surface area (Å²) < 4.78 is 0. The monoisotopic (exact) mass is 385 g/mol. The average Bonchev–Trinajstić information content (AvgIpc) is 2.78. The van der Waals surface area contributed by atoms with Gasteiger partial charge in [0.1, 0.15) is 0 Å². The molecule has 5 aromatic rings. The van der Waals surface area contributed by atoms with Gasteiger partial charge in [0.25, 0.3) is 0 Å². The van der Waals surface area contributed by atoms with Crippen LogP contribution in [0.4, 0.5) is 0 Å². The van der Waals surface area contributed by atoms with Gasteiger partial charge in [-0.1, -0.05) is 80.6 Å². The van der Waals surface area contributed by atoms with Gasteiger partial charge in [-0.2, -0.15) is 0 Å². The molecule has 1 aliphatic rings. The molecular weight excluding hydrogens is 362 g/mol. The molecule has 6 rings (SSSR count). The molecule has 0 amide bonds. The second kappa shape index (κ2) is 6.53. The second-order valence-electron chi connectivity index (χ2n) is 8.65. The lowest BCUT2D eigenvalue weighted by molar-refractivity contribution is 0.860. The smallest absolute Gasteiger partial charge is 0.0786 e. The fraction of sp³-hybridized carbons (Fsp3) is 0.138. The van der Waals surface area contributed by atoms with Crippen LogP contribution in [-0.2, 0) is 0 Å². The van der Waals surface area contributed by atoms with Gasteiger partial charge < -0.3 is 0 Å². The fourth-order valence-corrected chi connectivity index (χ4v) is 5.01. The van der Waals surface area contributed by atoms with Crippen molar-refractivity contribution in [1.29, 1.82) is 0 Å². The molecule has 1 atom stereocenters. The molecule has 1 aromatic heterocycles. The molecule has 0 fully saturated rings. The number of aromatic nitrogens is 1. The van der Waals surface area contributed by atoms with Crippen LogP contribution in [0, 0.1) is 0 Å². The summed E-state index contributed by atoms with van der Waals surface area (Å²) >= 11 is 0. The van der Waals surface area contributed by atoms with Gasteiger partial charge >= 0.3 is 0 Å². The lowest BCUT2D eigenvalue weighted by Gasteiger charge is -2.30. The molecule has 0 saturated carbocycles. The third-order valence-electron chi connectivity index (χ3n) is 6.51. The summed E-state index contributed by atoms with van der Waals surface area (Å²) in [5.41, 5.74) is 7.84. The zero-order valence-electron chi connectivity index (χ0n) is 17.3. The molecule has 0 aliphatic heterocycles. The number of rotatable bonds is 2. The Balaban J connectivity index is 1.79. The molecule has 0 N–H and O–H groups in total. The SMILES string of the molecule is CC(C)c1cc2c3c(nccc3c1)-c1cc3ccccc3cc1C2c1ccccc1. The maximum Gasteiger partial charge on any atom is 0.0786 e. The van der Waals surface area contributed by atoms with Crippen molar-refractivity contribution >= 4 is 21.5 Å². The van der Waals surface area contributed by atoms with E-state index in [0.717, 1.165) is 5.69 Å². The Morgan fingerprint density at radius 2 is 1.43 bits per heavy atom. The summed E-state index contributed by atoms with van der Waals surface area (Å²) in [6, 6.07) is 31.2. The zero-order chi connectivity index (χ0) is 20.2. The van der Waals surface area contributed by atoms with E-state index >= 15 is 0 Å². The molecule has 1 heterocycles. The minimum Gasteiger partial charge on any atom is -0.256 e. The summed E-state index contributed by atoms with van der Waals surface area (Å²) in [7, 11) is 0. The van der Waals surface area contributed by atoms with Gasteiger partial charge in [0.2, 0.25) is 0 Å². The number of nitrogens with zero attached hydrogens (tertiary/aromatic N) is 1. The summed E-state index contributed by atoms with van der Waals surface area (Å²) in [6.45, 7) is 4.55. The lowest BCUT2D eigenvalue weighted by atomic mass is 9.74. The first kappa shape index (κ1) is 17.4. The topological polar surface area (TPSA) is 12.9 Å². The third kappa shape index (κ3) is 2.52. The highest BCUT2D eigenvalue weighted by atomic mass is 14.7. The van der Waals surface area contributed by atoms with E-state index in [1.807, 2.05) is 6.20 Å². The highest BCUT2D eigenvalue weighted by Crippen LogP contribution is 2.49. The summed E-state index contributed by atoms with van der Waals surface area (Å²) in [4.78, 5) is 4.89. The summed E-state index contributed by atoms with van der Waals surface area (Å²) in [5.74, 6) is 0.695. The maximum absolute atomic E-state index is 4.89. The van der Waals surface area contributed by atoms with Crippen molar-refractivity contribution in [3.8, 4) is 11.3 Å². The van der Waals surface area contributed by atoms with E-state index in [2.05, 4.69) is 98.8 Å². The van der Waals surface area contributed by atoms with Gasteiger partial charge in [-0.25, -0.2) is 0 Å². The van der Waals surface area contributed by atoms with Gasteiger partial charge in [-0.15, -0.1) is 0 Å². The van der Waals surface area contributed by atoms with Crippen molar-refractivity contribution in [3.05, 3.63) is 113 Å². The van der Waals surface area contributed by atoms with Crippen LogP contribution in [0.1, 0.15) is 47.9 Å². The Kier molecular flexibility index (Phi) is 3.79. The zero-order valence-corrected chi connectivity index (χ0v) is 17.3. The van der Waals surface area contributed by atoms with Crippen LogP contribution >= 0.6 is 0 Å². The van der Waals surface area contributed by atoms with E-state index in [9.17, 15) is 0 Å². The van der Waals surface area contributed by atoms with Crippen LogP contribution in [0.2, 0.25) is 0 Å². The second-order valence-corrected chi connectivity index (χ2v) is 8.65. The Hall–Kier alpha value is -3.45. The highest BCUT2D eigenvalue weighted by Gasteiger charge is 2.30. The Morgan fingerprint density at radius 1 is 0.700 bits per heavy atom. The van der Waals surface area contributed by atoms with Crippen LogP contribution in [0.3, 0.4) is 0 Å². The van der Waals surface area contributed by atoms with E-state index in [1.54, 1.807) is 0 Å². The molecule has 0 spiro atoms. The van der Waals surface area contributed by atoms with Crippen LogP contribution in [0.15, 0.2) is 91.1 Å². The number of fused-ring (bicyclic) bond motifs is 3. The van der Waals surface area contributed by atoms with Crippen LogP contribution in [-0.4, -0.2) is 4.98 Å². The first-order valence-corrected chi connectivity index (χ1v) is 10.7. The molecule has 1 unspecified atom stereocenters. The van der Waals surface area contributed by atoms with Gasteiger partial charge in [0, 0.05) is 23.1 Å². The van der Waals surface area contributed by atoms with Gasteiger partial charge in [0.05, 0.1) is 5.69 Å². The number of pyridine rings is 1. The average molecular weight is 386 g/mol. The number of benzene rings is 4. The van der Waals surface area contributed by atoms with Crippen molar-refractivity contribution in [3.63, 3.8) is 0 Å². The molecule has 30 heavy (non-hydrogen) atoms. The Morgan fingerprint density at radius 3 is 2.20 bits per heavy atom. The molecule has 0 bridgehead atoms. The molecule has 144 valence electrons. The summed E-state index contributed by atoms with van der Waals surface area (Å²) in [5, 5.41) is 5.15. The predicted molar refractivity (Wildman–Crippen MR) is 126 cm³/mol. The van der Waals surface area contributed by atoms with Crippen molar-refractivity contribution < 1.29 is 0 Å². The molecule has 0 radical (unpaired) electrons. The molecule has 1 nitrogen and oxygen atoms in total. The third-order valence-corrected chi connectivity index (χ3v) is 6.51. The Bertz CT molecular complexity index is 1410. The molecule has 1 heteroatoms. The number of hydrogen-bond acceptors (Lipinski definition) is 1. The van der Waals surface area contributed by atoms with E-state index in [0.29, 0.717) is 5.92 Å². The normalized spacial score (nSPS) is 15.0. The van der Waals surface area contributed by atoms with E-state index in [4.69, 9.17) is 4.98 Å². The van der Waals surface area contributed by atoms with Gasteiger partial charge in [-0.05, 0) is 62.5 Å². The first-order valence-electron chi connectivity index (χ1n) is 10.7. The number of hydrogen-bond donors (Lipinski definition) is 0. The van der Waals surface area contributed by atoms with E-state index < -0.39 is 0 Å². The van der Waals surface area contributed by atoms with Crippen molar-refractivity contribution in [2.24, 2.45) is 0 Å². The van der Waals surface area contributed by atoms with Gasteiger partial charge in [0.15, 0.2) is 0 Å². The fourth-order valence-electron chi connectivity index (χ4n) is 5.01. The quantitative estimate of drug-likeness (QED) is 0.298. The molecule has 1 aliphatic carbocycles. The van der Waals surface area contributed by atoms with Crippen molar-refractivity contribution in [2.75, 3.05) is 0 Å². The van der Waals surface area contributed by atoms with E-state index in [-0.39, 0.29) is 5.92 Å². The van der Waals surface area contributed by atoms with Gasteiger partial charge in [-0.3, -0.25) is 4.98 Å².